The van der Waals surface area contributed by atoms with Crippen LogP contribution in [-0.2, 0) is 14.9 Å². The van der Waals surface area contributed by atoms with Crippen LogP contribution >= 0.6 is 22.9 Å². The number of halogens is 1. The average Bonchev–Trinajstić information content (AvgIpc) is 3.39. The number of aromatic nitrogens is 1. The maximum atomic E-state index is 13.4. The summed E-state index contributed by atoms with van der Waals surface area (Å²) in [6.07, 6.45) is 4.29. The van der Waals surface area contributed by atoms with Gasteiger partial charge in [0.15, 0.2) is 16.6 Å². The zero-order valence-electron chi connectivity index (χ0n) is 20.9. The summed E-state index contributed by atoms with van der Waals surface area (Å²) in [5, 5.41) is 14.0. The monoisotopic (exact) mass is 555 g/mol. The van der Waals surface area contributed by atoms with E-state index in [-0.39, 0.29) is 18.8 Å². The second kappa shape index (κ2) is 10.8. The number of amides is 1. The van der Waals surface area contributed by atoms with Gasteiger partial charge in [0.1, 0.15) is 6.10 Å². The van der Waals surface area contributed by atoms with Crippen molar-refractivity contribution in [3.63, 3.8) is 0 Å². The summed E-state index contributed by atoms with van der Waals surface area (Å²) < 4.78 is 17.3. The number of nitrogens with one attached hydrogen (secondary N) is 1. The SMILES string of the molecule is O=C(Nc1ncc(C(OCCN2CCC(O)CC2)c2ccccc2Cl)s1)C1(c2ccc3c(c2)OCO3)CC1. The normalized spacial score (nSPS) is 19.3. The summed E-state index contributed by atoms with van der Waals surface area (Å²) in [5.74, 6) is 1.32. The van der Waals surface area contributed by atoms with E-state index < -0.39 is 11.5 Å². The highest BCUT2D eigenvalue weighted by Crippen LogP contribution is 2.51. The van der Waals surface area contributed by atoms with Crippen molar-refractivity contribution < 1.29 is 24.1 Å². The van der Waals surface area contributed by atoms with Gasteiger partial charge in [-0.05, 0) is 49.4 Å². The van der Waals surface area contributed by atoms with Gasteiger partial charge in [0.05, 0.1) is 23.0 Å². The summed E-state index contributed by atoms with van der Waals surface area (Å²) in [6.45, 7) is 3.22. The Morgan fingerprint density at radius 1 is 1.21 bits per heavy atom. The van der Waals surface area contributed by atoms with Crippen molar-refractivity contribution >= 4 is 34.0 Å². The van der Waals surface area contributed by atoms with E-state index in [0.717, 1.165) is 61.3 Å². The summed E-state index contributed by atoms with van der Waals surface area (Å²) in [4.78, 5) is 21.1. The number of carbonyl (C=O) groups is 1. The number of rotatable bonds is 9. The number of hydrogen-bond donors (Lipinski definition) is 2. The zero-order valence-corrected chi connectivity index (χ0v) is 22.5. The largest absolute Gasteiger partial charge is 0.454 e. The molecule has 1 aromatic heterocycles. The fourth-order valence-electron chi connectivity index (χ4n) is 5.10. The molecule has 2 fully saturated rings. The molecule has 3 aliphatic rings. The van der Waals surface area contributed by atoms with Gasteiger partial charge < -0.3 is 29.5 Å². The van der Waals surface area contributed by atoms with Crippen molar-refractivity contribution in [1.82, 2.24) is 9.88 Å². The second-order valence-corrected chi connectivity index (χ2v) is 11.5. The van der Waals surface area contributed by atoms with E-state index in [9.17, 15) is 9.90 Å². The number of aliphatic hydroxyl groups excluding tert-OH is 1. The first-order valence-electron chi connectivity index (χ1n) is 13.0. The Morgan fingerprint density at radius 2 is 2.00 bits per heavy atom. The average molecular weight is 556 g/mol. The molecule has 3 aromatic rings. The third-order valence-corrected chi connectivity index (χ3v) is 8.85. The van der Waals surface area contributed by atoms with Crippen LogP contribution in [0.25, 0.3) is 0 Å². The van der Waals surface area contributed by atoms with Gasteiger partial charge in [-0.2, -0.15) is 0 Å². The van der Waals surface area contributed by atoms with Gasteiger partial charge in [0.25, 0.3) is 0 Å². The molecular formula is C28H30ClN3O5S. The predicted octanol–water partition coefficient (Wildman–Crippen LogP) is 4.76. The predicted molar refractivity (Wildman–Crippen MR) is 145 cm³/mol. The van der Waals surface area contributed by atoms with E-state index >= 15 is 0 Å². The lowest BCUT2D eigenvalue weighted by atomic mass is 9.94. The molecule has 2 N–H and O–H groups in total. The fraction of sp³-hybridized carbons (Fsp3) is 0.429. The Labute approximate surface area is 230 Å². The molecule has 1 saturated carbocycles. The first-order valence-corrected chi connectivity index (χ1v) is 14.1. The Bertz CT molecular complexity index is 1310. The number of likely N-dealkylation sites (tertiary alicyclic amines) is 1. The number of carbonyl (C=O) groups excluding carboxylic acids is 1. The van der Waals surface area contributed by atoms with E-state index in [4.69, 9.17) is 25.8 Å². The molecule has 1 atom stereocenters. The Balaban J connectivity index is 1.15. The Kier molecular flexibility index (Phi) is 7.29. The number of thiazole rings is 1. The number of benzene rings is 2. The summed E-state index contributed by atoms with van der Waals surface area (Å²) in [6, 6.07) is 13.4. The van der Waals surface area contributed by atoms with Gasteiger partial charge in [-0.1, -0.05) is 47.2 Å². The molecule has 1 saturated heterocycles. The van der Waals surface area contributed by atoms with Gasteiger partial charge in [-0.3, -0.25) is 4.79 Å². The molecule has 10 heteroatoms. The summed E-state index contributed by atoms with van der Waals surface area (Å²) >= 11 is 7.96. The van der Waals surface area contributed by atoms with Gasteiger partial charge >= 0.3 is 0 Å². The number of aliphatic hydroxyl groups is 1. The third kappa shape index (κ3) is 5.26. The smallest absolute Gasteiger partial charge is 0.236 e. The molecule has 0 bridgehead atoms. The van der Waals surface area contributed by atoms with Crippen LogP contribution in [0.4, 0.5) is 5.13 Å². The van der Waals surface area contributed by atoms with Crippen molar-refractivity contribution in [3.8, 4) is 11.5 Å². The highest BCUT2D eigenvalue weighted by molar-refractivity contribution is 7.15. The van der Waals surface area contributed by atoms with Crippen LogP contribution in [0.1, 0.15) is 47.8 Å². The lowest BCUT2D eigenvalue weighted by Crippen LogP contribution is -2.37. The van der Waals surface area contributed by atoms with Crippen LogP contribution in [0.15, 0.2) is 48.7 Å². The van der Waals surface area contributed by atoms with Crippen molar-refractivity contribution in [1.29, 1.82) is 0 Å². The zero-order chi connectivity index (χ0) is 26.1. The molecule has 6 rings (SSSR count). The molecule has 1 amide bonds. The lowest BCUT2D eigenvalue weighted by Gasteiger charge is -2.29. The van der Waals surface area contributed by atoms with Crippen LogP contribution in [0.3, 0.4) is 0 Å². The molecule has 3 heterocycles. The van der Waals surface area contributed by atoms with Crippen LogP contribution in [0, 0.1) is 0 Å². The third-order valence-electron chi connectivity index (χ3n) is 7.55. The molecule has 2 aliphatic heterocycles. The fourth-order valence-corrected chi connectivity index (χ4v) is 6.22. The van der Waals surface area contributed by atoms with E-state index in [2.05, 4.69) is 15.2 Å². The molecule has 1 aliphatic carbocycles. The highest BCUT2D eigenvalue weighted by Gasteiger charge is 2.52. The molecule has 0 spiro atoms. The molecule has 200 valence electrons. The standard InChI is InChI=1S/C28H30ClN3O5S/c29-21-4-2-1-3-20(21)25(35-14-13-32-11-7-19(33)8-12-32)24-16-30-27(38-24)31-26(34)28(9-10-28)18-5-6-22-23(15-18)37-17-36-22/h1-6,15-16,19,25,33H,7-14,17H2,(H,30,31,34). The van der Waals surface area contributed by atoms with Crippen LogP contribution in [0.5, 0.6) is 11.5 Å². The molecular weight excluding hydrogens is 526 g/mol. The van der Waals surface area contributed by atoms with Gasteiger partial charge in [-0.15, -0.1) is 0 Å². The minimum Gasteiger partial charge on any atom is -0.454 e. The van der Waals surface area contributed by atoms with Crippen molar-refractivity contribution in [2.45, 2.75) is 43.3 Å². The number of piperidine rings is 1. The quantitative estimate of drug-likeness (QED) is 0.393. The van der Waals surface area contributed by atoms with Crippen LogP contribution in [-0.4, -0.2) is 60.0 Å². The number of anilines is 1. The number of nitrogens with zero attached hydrogens (tertiary/aromatic N) is 2. The van der Waals surface area contributed by atoms with E-state index in [1.165, 1.54) is 11.3 Å². The minimum atomic E-state index is -0.576. The second-order valence-electron chi connectivity index (χ2n) is 10.0. The van der Waals surface area contributed by atoms with Crippen molar-refractivity contribution in [2.75, 3.05) is 38.4 Å². The Morgan fingerprint density at radius 3 is 2.79 bits per heavy atom. The molecule has 38 heavy (non-hydrogen) atoms. The summed E-state index contributed by atoms with van der Waals surface area (Å²) in [5.41, 5.74) is 1.22. The maximum absolute atomic E-state index is 13.4. The van der Waals surface area contributed by atoms with Crippen molar-refractivity contribution in [2.24, 2.45) is 0 Å². The number of ether oxygens (including phenoxy) is 3. The molecule has 1 unspecified atom stereocenters. The van der Waals surface area contributed by atoms with Gasteiger partial charge in [-0.25, -0.2) is 4.98 Å². The first-order chi connectivity index (χ1) is 18.5. The minimum absolute atomic E-state index is 0.0697. The highest BCUT2D eigenvalue weighted by atomic mass is 35.5. The van der Waals surface area contributed by atoms with Crippen molar-refractivity contribution in [3.05, 3.63) is 69.7 Å². The lowest BCUT2D eigenvalue weighted by molar-refractivity contribution is -0.118. The van der Waals surface area contributed by atoms with Gasteiger partial charge in [0, 0.05) is 36.4 Å². The maximum Gasteiger partial charge on any atom is 0.236 e. The van der Waals surface area contributed by atoms with Gasteiger partial charge in [0.2, 0.25) is 12.7 Å². The molecule has 2 aromatic carbocycles. The first kappa shape index (κ1) is 25.6. The number of fused-ring (bicyclic) bond motifs is 1. The van der Waals surface area contributed by atoms with E-state index in [1.54, 1.807) is 6.20 Å². The molecule has 0 radical (unpaired) electrons. The summed E-state index contributed by atoms with van der Waals surface area (Å²) in [7, 11) is 0. The van der Waals surface area contributed by atoms with Crippen LogP contribution < -0.4 is 14.8 Å². The number of hydrogen-bond acceptors (Lipinski definition) is 8. The topological polar surface area (TPSA) is 93.2 Å². The molecule has 8 nitrogen and oxygen atoms in total. The van der Waals surface area contributed by atoms with Crippen LogP contribution in [0.2, 0.25) is 5.02 Å². The van der Waals surface area contributed by atoms with E-state index in [0.29, 0.717) is 28.3 Å². The van der Waals surface area contributed by atoms with E-state index in [1.807, 2.05) is 42.5 Å². The Hall–Kier alpha value is -2.69.